The molecule has 2 aromatic carbocycles. The molecule has 0 spiro atoms. The number of aromatic nitrogens is 1. The van der Waals surface area contributed by atoms with Crippen LogP contribution in [0, 0.1) is 6.92 Å². The maximum absolute atomic E-state index is 5.00. The highest BCUT2D eigenvalue weighted by Crippen LogP contribution is 2.36. The largest absolute Gasteiger partial charge is 0.340 e. The summed E-state index contributed by atoms with van der Waals surface area (Å²) in [6, 6.07) is 17.5. The van der Waals surface area contributed by atoms with Crippen molar-refractivity contribution in [2.45, 2.75) is 86.0 Å². The zero-order valence-electron chi connectivity index (χ0n) is 21.9. The van der Waals surface area contributed by atoms with Crippen molar-refractivity contribution >= 4 is 23.0 Å². The molecule has 3 nitrogen and oxygen atoms in total. The van der Waals surface area contributed by atoms with E-state index < -0.39 is 0 Å². The van der Waals surface area contributed by atoms with Crippen molar-refractivity contribution in [2.24, 2.45) is 0 Å². The van der Waals surface area contributed by atoms with Gasteiger partial charge in [-0.15, -0.1) is 0 Å². The summed E-state index contributed by atoms with van der Waals surface area (Å²) in [5, 5.41) is 7.39. The summed E-state index contributed by atoms with van der Waals surface area (Å²) in [4.78, 5) is 5.00. The highest BCUT2D eigenvalue weighted by Gasteiger charge is 2.17. The van der Waals surface area contributed by atoms with E-state index in [9.17, 15) is 0 Å². The first-order valence-electron chi connectivity index (χ1n) is 12.4. The summed E-state index contributed by atoms with van der Waals surface area (Å²) >= 11 is 0. The quantitative estimate of drug-likeness (QED) is 0.364. The molecule has 0 saturated heterocycles. The van der Waals surface area contributed by atoms with Gasteiger partial charge in [0, 0.05) is 11.4 Å². The van der Waals surface area contributed by atoms with Gasteiger partial charge < -0.3 is 10.6 Å². The van der Waals surface area contributed by atoms with Gasteiger partial charge in [-0.3, -0.25) is 0 Å². The van der Waals surface area contributed by atoms with Crippen molar-refractivity contribution in [3.05, 3.63) is 76.3 Å². The first kappa shape index (κ1) is 24.8. The number of hydrogen-bond acceptors (Lipinski definition) is 3. The molecule has 2 N–H and O–H groups in total. The fourth-order valence-electron chi connectivity index (χ4n) is 4.44. The summed E-state index contributed by atoms with van der Waals surface area (Å²) in [7, 11) is 0. The van der Waals surface area contributed by atoms with Crippen LogP contribution in [0.2, 0.25) is 0 Å². The number of nitrogens with zero attached hydrogens (tertiary/aromatic N) is 1. The topological polar surface area (TPSA) is 37.0 Å². The van der Waals surface area contributed by atoms with Crippen molar-refractivity contribution in [1.82, 2.24) is 4.98 Å². The molecule has 0 aliphatic carbocycles. The lowest BCUT2D eigenvalue weighted by Gasteiger charge is -2.22. The van der Waals surface area contributed by atoms with Gasteiger partial charge in [-0.2, -0.15) is 0 Å². The molecule has 1 heterocycles. The van der Waals surface area contributed by atoms with Gasteiger partial charge in [-0.05, 0) is 70.5 Å². The average Bonchev–Trinajstić information content (AvgIpc) is 2.72. The predicted molar refractivity (Wildman–Crippen MR) is 145 cm³/mol. The number of aryl methyl sites for hydroxylation is 1. The SMILES string of the molecule is Cc1cc(Nc2c(C(C)C)cccc2C(C)C)nc(Nc2c(C(C)C)cccc2C(C)C)c1. The molecule has 3 heteroatoms. The Labute approximate surface area is 201 Å². The fraction of sp³-hybridized carbons (Fsp3) is 0.433. The molecule has 0 saturated carbocycles. The van der Waals surface area contributed by atoms with Crippen LogP contribution in [0.4, 0.5) is 23.0 Å². The van der Waals surface area contributed by atoms with E-state index in [1.54, 1.807) is 0 Å². The molecular formula is C30H41N3. The maximum atomic E-state index is 5.00. The molecule has 1 aromatic heterocycles. The van der Waals surface area contributed by atoms with Gasteiger partial charge >= 0.3 is 0 Å². The number of para-hydroxylation sites is 2. The Bertz CT molecular complexity index is 957. The number of anilines is 4. The van der Waals surface area contributed by atoms with E-state index >= 15 is 0 Å². The Morgan fingerprint density at radius 3 is 1.12 bits per heavy atom. The number of nitrogens with one attached hydrogen (secondary N) is 2. The van der Waals surface area contributed by atoms with Gasteiger partial charge in [0.05, 0.1) is 0 Å². The average molecular weight is 444 g/mol. The molecule has 3 aromatic rings. The van der Waals surface area contributed by atoms with E-state index in [2.05, 4.69) is 121 Å². The molecule has 0 aliphatic rings. The first-order chi connectivity index (χ1) is 15.6. The van der Waals surface area contributed by atoms with Crippen LogP contribution in [0.5, 0.6) is 0 Å². The molecule has 33 heavy (non-hydrogen) atoms. The van der Waals surface area contributed by atoms with Crippen LogP contribution in [0.3, 0.4) is 0 Å². The van der Waals surface area contributed by atoms with Crippen molar-refractivity contribution in [3.63, 3.8) is 0 Å². The fourth-order valence-corrected chi connectivity index (χ4v) is 4.44. The van der Waals surface area contributed by atoms with E-state index in [1.807, 2.05) is 0 Å². The summed E-state index contributed by atoms with van der Waals surface area (Å²) in [6.45, 7) is 20.1. The minimum absolute atomic E-state index is 0.431. The normalized spacial score (nSPS) is 11.7. The van der Waals surface area contributed by atoms with E-state index in [-0.39, 0.29) is 0 Å². The smallest absolute Gasteiger partial charge is 0.133 e. The summed E-state index contributed by atoms with van der Waals surface area (Å²) in [6.07, 6.45) is 0. The second-order valence-electron chi connectivity index (χ2n) is 10.4. The van der Waals surface area contributed by atoms with Gasteiger partial charge in [0.1, 0.15) is 11.6 Å². The molecule has 0 amide bonds. The Morgan fingerprint density at radius 1 is 0.545 bits per heavy atom. The van der Waals surface area contributed by atoms with Crippen LogP contribution in [-0.2, 0) is 0 Å². The molecule has 0 unspecified atom stereocenters. The third-order valence-corrected chi connectivity index (χ3v) is 6.22. The van der Waals surface area contributed by atoms with Gasteiger partial charge in [0.15, 0.2) is 0 Å². The lowest BCUT2D eigenvalue weighted by molar-refractivity contribution is 0.837. The summed E-state index contributed by atoms with van der Waals surface area (Å²) < 4.78 is 0. The van der Waals surface area contributed by atoms with Crippen molar-refractivity contribution < 1.29 is 0 Å². The van der Waals surface area contributed by atoms with Crippen LogP contribution >= 0.6 is 0 Å². The molecule has 176 valence electrons. The minimum atomic E-state index is 0.431. The maximum Gasteiger partial charge on any atom is 0.133 e. The van der Waals surface area contributed by atoms with Crippen LogP contribution < -0.4 is 10.6 Å². The Hall–Kier alpha value is -2.81. The minimum Gasteiger partial charge on any atom is -0.340 e. The Morgan fingerprint density at radius 2 is 0.848 bits per heavy atom. The second kappa shape index (κ2) is 10.4. The highest BCUT2D eigenvalue weighted by molar-refractivity contribution is 5.71. The van der Waals surface area contributed by atoms with Crippen LogP contribution in [-0.4, -0.2) is 4.98 Å². The van der Waals surface area contributed by atoms with Crippen LogP contribution in [0.25, 0.3) is 0 Å². The van der Waals surface area contributed by atoms with E-state index in [0.717, 1.165) is 11.6 Å². The molecule has 3 rings (SSSR count). The van der Waals surface area contributed by atoms with Crippen molar-refractivity contribution in [3.8, 4) is 0 Å². The van der Waals surface area contributed by atoms with Gasteiger partial charge in [0.25, 0.3) is 0 Å². The Balaban J connectivity index is 2.05. The van der Waals surface area contributed by atoms with E-state index in [0.29, 0.717) is 23.7 Å². The highest BCUT2D eigenvalue weighted by atomic mass is 15.1. The van der Waals surface area contributed by atoms with Crippen molar-refractivity contribution in [1.29, 1.82) is 0 Å². The lowest BCUT2D eigenvalue weighted by Crippen LogP contribution is -2.07. The summed E-state index contributed by atoms with van der Waals surface area (Å²) in [5.41, 5.74) is 8.86. The predicted octanol–water partition coefficient (Wildman–Crippen LogP) is 9.37. The molecule has 0 aliphatic heterocycles. The number of hydrogen-bond donors (Lipinski definition) is 2. The molecule has 0 radical (unpaired) electrons. The second-order valence-corrected chi connectivity index (χ2v) is 10.4. The molecule has 0 bridgehead atoms. The van der Waals surface area contributed by atoms with Crippen LogP contribution in [0.15, 0.2) is 48.5 Å². The van der Waals surface area contributed by atoms with Crippen LogP contribution in [0.1, 0.15) is 107 Å². The number of pyridine rings is 1. The zero-order valence-corrected chi connectivity index (χ0v) is 21.9. The van der Waals surface area contributed by atoms with Crippen molar-refractivity contribution in [2.75, 3.05) is 10.6 Å². The number of benzene rings is 2. The van der Waals surface area contributed by atoms with Gasteiger partial charge in [-0.1, -0.05) is 91.8 Å². The molecule has 0 fully saturated rings. The lowest BCUT2D eigenvalue weighted by atomic mass is 9.92. The number of rotatable bonds is 8. The third kappa shape index (κ3) is 5.76. The molecule has 0 atom stereocenters. The molecular weight excluding hydrogens is 402 g/mol. The summed E-state index contributed by atoms with van der Waals surface area (Å²) in [5.74, 6) is 3.47. The van der Waals surface area contributed by atoms with Gasteiger partial charge in [-0.25, -0.2) is 4.98 Å². The third-order valence-electron chi connectivity index (χ3n) is 6.22. The Kier molecular flexibility index (Phi) is 7.84. The zero-order chi connectivity index (χ0) is 24.3. The van der Waals surface area contributed by atoms with Gasteiger partial charge in [0.2, 0.25) is 0 Å². The standard InChI is InChI=1S/C30H41N3/c1-18(2)23-12-10-13-24(19(3)4)29(23)32-27-16-22(9)17-28(31-27)33-30-25(20(5)6)14-11-15-26(30)21(7)8/h10-21H,1-9H3,(H2,31,32,33). The monoisotopic (exact) mass is 443 g/mol. The van der Waals surface area contributed by atoms with E-state index in [1.165, 1.54) is 39.2 Å². The first-order valence-corrected chi connectivity index (χ1v) is 12.4. The van der Waals surface area contributed by atoms with E-state index in [4.69, 9.17) is 4.98 Å².